The maximum Gasteiger partial charge on any atom is 0.316 e. The maximum atomic E-state index is 11.2. The van der Waals surface area contributed by atoms with Crippen molar-refractivity contribution in [2.75, 3.05) is 27.2 Å². The molecule has 17 heavy (non-hydrogen) atoms. The number of carbonyl (C=O) groups is 1. The number of amides is 2. The van der Waals surface area contributed by atoms with Crippen LogP contribution < -0.4 is 10.6 Å². The quantitative estimate of drug-likeness (QED) is 0.727. The SMILES string of the molecule is CC(NCCNC(=O)N(C)C)c1cnccn1. The second-order valence-corrected chi connectivity index (χ2v) is 3.93. The molecule has 0 saturated carbocycles. The molecule has 0 spiro atoms. The lowest BCUT2D eigenvalue weighted by molar-refractivity contribution is 0.217. The van der Waals surface area contributed by atoms with Crippen molar-refractivity contribution in [1.82, 2.24) is 25.5 Å². The first-order valence-electron chi connectivity index (χ1n) is 5.55. The van der Waals surface area contributed by atoms with Crippen molar-refractivity contribution in [3.05, 3.63) is 24.3 Å². The number of rotatable bonds is 5. The smallest absolute Gasteiger partial charge is 0.316 e. The van der Waals surface area contributed by atoms with Crippen molar-refractivity contribution in [2.24, 2.45) is 0 Å². The minimum absolute atomic E-state index is 0.0843. The summed E-state index contributed by atoms with van der Waals surface area (Å²) in [5.41, 5.74) is 0.895. The molecule has 2 amide bonds. The van der Waals surface area contributed by atoms with Crippen LogP contribution in [0.1, 0.15) is 18.7 Å². The Morgan fingerprint density at radius 1 is 1.41 bits per heavy atom. The first kappa shape index (κ1) is 13.4. The van der Waals surface area contributed by atoms with Gasteiger partial charge in [-0.1, -0.05) is 0 Å². The van der Waals surface area contributed by atoms with Crippen LogP contribution in [0, 0.1) is 0 Å². The Labute approximate surface area is 101 Å². The van der Waals surface area contributed by atoms with Crippen LogP contribution >= 0.6 is 0 Å². The minimum Gasteiger partial charge on any atom is -0.337 e. The average Bonchev–Trinajstić information content (AvgIpc) is 2.35. The summed E-state index contributed by atoms with van der Waals surface area (Å²) in [4.78, 5) is 20.9. The normalized spacial score (nSPS) is 11.9. The highest BCUT2D eigenvalue weighted by Crippen LogP contribution is 2.04. The fourth-order valence-corrected chi connectivity index (χ4v) is 1.26. The van der Waals surface area contributed by atoms with E-state index < -0.39 is 0 Å². The van der Waals surface area contributed by atoms with E-state index in [1.807, 2.05) is 6.92 Å². The van der Waals surface area contributed by atoms with Crippen molar-refractivity contribution in [1.29, 1.82) is 0 Å². The first-order valence-corrected chi connectivity index (χ1v) is 5.55. The number of hydrogen-bond donors (Lipinski definition) is 2. The molecular weight excluding hydrogens is 218 g/mol. The number of urea groups is 1. The van der Waals surface area contributed by atoms with Crippen molar-refractivity contribution in [3.8, 4) is 0 Å². The monoisotopic (exact) mass is 237 g/mol. The van der Waals surface area contributed by atoms with Gasteiger partial charge in [-0.25, -0.2) is 4.79 Å². The summed E-state index contributed by atoms with van der Waals surface area (Å²) >= 11 is 0. The van der Waals surface area contributed by atoms with Crippen LogP contribution in [0.2, 0.25) is 0 Å². The van der Waals surface area contributed by atoms with E-state index in [0.717, 1.165) is 5.69 Å². The Bertz CT molecular complexity index is 341. The predicted octanol–water partition coefficient (Wildman–Crippen LogP) is 0.398. The summed E-state index contributed by atoms with van der Waals surface area (Å²) in [6.07, 6.45) is 5.05. The van der Waals surface area contributed by atoms with E-state index in [4.69, 9.17) is 0 Å². The summed E-state index contributed by atoms with van der Waals surface area (Å²) in [7, 11) is 3.43. The van der Waals surface area contributed by atoms with Gasteiger partial charge in [-0.15, -0.1) is 0 Å². The van der Waals surface area contributed by atoms with Gasteiger partial charge in [-0.3, -0.25) is 9.97 Å². The van der Waals surface area contributed by atoms with Crippen LogP contribution in [0.25, 0.3) is 0 Å². The molecule has 0 radical (unpaired) electrons. The summed E-state index contributed by atoms with van der Waals surface area (Å²) in [6.45, 7) is 3.29. The molecule has 0 saturated heterocycles. The fourth-order valence-electron chi connectivity index (χ4n) is 1.26. The van der Waals surface area contributed by atoms with E-state index >= 15 is 0 Å². The molecule has 0 bridgehead atoms. The molecule has 1 aromatic heterocycles. The molecular formula is C11H19N5O. The molecule has 0 aliphatic heterocycles. The molecule has 0 aromatic carbocycles. The highest BCUT2D eigenvalue weighted by atomic mass is 16.2. The second kappa shape index (κ2) is 6.80. The standard InChI is InChI=1S/C11H19N5O/c1-9(10-8-12-4-5-14-10)13-6-7-15-11(17)16(2)3/h4-5,8-9,13H,6-7H2,1-3H3,(H,15,17). The van der Waals surface area contributed by atoms with E-state index in [-0.39, 0.29) is 12.1 Å². The molecule has 1 heterocycles. The molecule has 6 heteroatoms. The average molecular weight is 237 g/mol. The van der Waals surface area contributed by atoms with Crippen molar-refractivity contribution < 1.29 is 4.79 Å². The number of carbonyl (C=O) groups excluding carboxylic acids is 1. The van der Waals surface area contributed by atoms with Crippen LogP contribution in [0.15, 0.2) is 18.6 Å². The van der Waals surface area contributed by atoms with E-state index in [9.17, 15) is 4.79 Å². The van der Waals surface area contributed by atoms with Gasteiger partial charge in [0, 0.05) is 51.8 Å². The van der Waals surface area contributed by atoms with E-state index in [1.165, 1.54) is 4.90 Å². The Hall–Kier alpha value is -1.69. The van der Waals surface area contributed by atoms with E-state index in [2.05, 4.69) is 20.6 Å². The van der Waals surface area contributed by atoms with Gasteiger partial charge in [0.15, 0.2) is 0 Å². The van der Waals surface area contributed by atoms with Crippen molar-refractivity contribution in [2.45, 2.75) is 13.0 Å². The van der Waals surface area contributed by atoms with Crippen LogP contribution in [-0.4, -0.2) is 48.1 Å². The van der Waals surface area contributed by atoms with Crippen LogP contribution in [0.5, 0.6) is 0 Å². The molecule has 1 unspecified atom stereocenters. The summed E-state index contributed by atoms with van der Waals surface area (Å²) < 4.78 is 0. The van der Waals surface area contributed by atoms with Gasteiger partial charge in [0.1, 0.15) is 0 Å². The van der Waals surface area contributed by atoms with Crippen LogP contribution in [0.3, 0.4) is 0 Å². The predicted molar refractivity (Wildman–Crippen MR) is 65.5 cm³/mol. The molecule has 94 valence electrons. The third-order valence-corrected chi connectivity index (χ3v) is 2.28. The number of nitrogens with zero attached hydrogens (tertiary/aromatic N) is 3. The topological polar surface area (TPSA) is 70.2 Å². The molecule has 6 nitrogen and oxygen atoms in total. The Morgan fingerprint density at radius 2 is 2.18 bits per heavy atom. The van der Waals surface area contributed by atoms with Gasteiger partial charge >= 0.3 is 6.03 Å². The lowest BCUT2D eigenvalue weighted by Crippen LogP contribution is -2.38. The zero-order valence-electron chi connectivity index (χ0n) is 10.5. The molecule has 1 atom stereocenters. The van der Waals surface area contributed by atoms with Crippen molar-refractivity contribution >= 4 is 6.03 Å². The zero-order valence-corrected chi connectivity index (χ0v) is 10.5. The summed E-state index contributed by atoms with van der Waals surface area (Å²) in [6, 6.07) is 0.0407. The van der Waals surface area contributed by atoms with Gasteiger partial charge in [0.2, 0.25) is 0 Å². The van der Waals surface area contributed by atoms with Gasteiger partial charge < -0.3 is 15.5 Å². The van der Waals surface area contributed by atoms with Gasteiger partial charge in [0.05, 0.1) is 5.69 Å². The second-order valence-electron chi connectivity index (χ2n) is 3.93. The lowest BCUT2D eigenvalue weighted by Gasteiger charge is -2.15. The van der Waals surface area contributed by atoms with Gasteiger partial charge in [-0.2, -0.15) is 0 Å². The fraction of sp³-hybridized carbons (Fsp3) is 0.545. The van der Waals surface area contributed by atoms with Crippen LogP contribution in [0.4, 0.5) is 4.79 Å². The van der Waals surface area contributed by atoms with Gasteiger partial charge in [-0.05, 0) is 6.92 Å². The number of nitrogens with one attached hydrogen (secondary N) is 2. The largest absolute Gasteiger partial charge is 0.337 e. The van der Waals surface area contributed by atoms with Crippen LogP contribution in [-0.2, 0) is 0 Å². The minimum atomic E-state index is -0.0843. The van der Waals surface area contributed by atoms with E-state index in [0.29, 0.717) is 13.1 Å². The van der Waals surface area contributed by atoms with Crippen molar-refractivity contribution in [3.63, 3.8) is 0 Å². The Balaban J connectivity index is 2.21. The Morgan fingerprint density at radius 3 is 2.76 bits per heavy atom. The summed E-state index contributed by atoms with van der Waals surface area (Å²) in [5.74, 6) is 0. The van der Waals surface area contributed by atoms with E-state index in [1.54, 1.807) is 32.7 Å². The summed E-state index contributed by atoms with van der Waals surface area (Å²) in [5, 5.41) is 6.03. The molecule has 0 aliphatic rings. The number of hydrogen-bond acceptors (Lipinski definition) is 4. The first-order chi connectivity index (χ1) is 8.11. The highest BCUT2D eigenvalue weighted by Gasteiger charge is 2.06. The molecule has 0 aliphatic carbocycles. The molecule has 1 rings (SSSR count). The molecule has 1 aromatic rings. The number of aromatic nitrogens is 2. The lowest BCUT2D eigenvalue weighted by atomic mass is 10.2. The molecule has 2 N–H and O–H groups in total. The zero-order chi connectivity index (χ0) is 12.7. The van der Waals surface area contributed by atoms with Gasteiger partial charge in [0.25, 0.3) is 0 Å². The third kappa shape index (κ3) is 4.78. The Kier molecular flexibility index (Phi) is 5.35. The molecule has 0 fully saturated rings. The maximum absolute atomic E-state index is 11.2. The highest BCUT2D eigenvalue weighted by molar-refractivity contribution is 5.73. The third-order valence-electron chi connectivity index (χ3n) is 2.28.